The van der Waals surface area contributed by atoms with E-state index in [4.69, 9.17) is 0 Å². The van der Waals surface area contributed by atoms with Crippen molar-refractivity contribution in [2.75, 3.05) is 4.90 Å². The van der Waals surface area contributed by atoms with Crippen LogP contribution in [0.25, 0.3) is 6.08 Å². The number of rotatable bonds is 2. The summed E-state index contributed by atoms with van der Waals surface area (Å²) >= 11 is 11.1. The molecule has 1 aliphatic heterocycles. The van der Waals surface area contributed by atoms with Crippen LogP contribution in [-0.2, 0) is 6.54 Å². The van der Waals surface area contributed by atoms with Crippen LogP contribution in [0, 0.1) is 0 Å². The number of para-hydroxylation sites is 1. The van der Waals surface area contributed by atoms with Crippen LogP contribution in [0.15, 0.2) is 60.7 Å². The largest absolute Gasteiger partial charge is 0.357 e. The van der Waals surface area contributed by atoms with E-state index in [-0.39, 0.29) is 8.18 Å². The Balaban J connectivity index is 2.01. The lowest BCUT2D eigenvalue weighted by atomic mass is 10.0. The second-order valence-electron chi connectivity index (χ2n) is 5.02. The molecule has 3 rings (SSSR count). The quantitative estimate of drug-likeness (QED) is 0.491. The number of alkyl halides is 3. The minimum Gasteiger partial charge on any atom is -0.357 e. The van der Waals surface area contributed by atoms with Gasteiger partial charge < -0.3 is 4.90 Å². The molecule has 2 aromatic carbocycles. The third-order valence-corrected chi connectivity index (χ3v) is 4.98. The van der Waals surface area contributed by atoms with Crippen molar-refractivity contribution in [1.29, 1.82) is 0 Å². The van der Waals surface area contributed by atoms with Crippen LogP contribution in [0.1, 0.15) is 11.1 Å². The van der Waals surface area contributed by atoms with E-state index in [1.54, 1.807) is 0 Å². The van der Waals surface area contributed by atoms with Gasteiger partial charge in [-0.2, -0.15) is 0 Å². The lowest BCUT2D eigenvalue weighted by Gasteiger charge is -2.40. The Morgan fingerprint density at radius 3 is 2.29 bits per heavy atom. The van der Waals surface area contributed by atoms with Gasteiger partial charge in [-0.25, -0.2) is 0 Å². The second kappa shape index (κ2) is 6.27. The molecule has 108 valence electrons. The SMILES string of the molecule is BrC(Br)(Br)C1C=Cc2ccccc2N1Cc1ccccc1. The van der Waals surface area contributed by atoms with Crippen molar-refractivity contribution in [3.05, 3.63) is 71.8 Å². The highest BCUT2D eigenvalue weighted by atomic mass is 80.0. The van der Waals surface area contributed by atoms with Crippen molar-refractivity contribution in [2.45, 2.75) is 14.7 Å². The average Bonchev–Trinajstić information content (AvgIpc) is 2.47. The number of hydrogen-bond donors (Lipinski definition) is 0. The summed E-state index contributed by atoms with van der Waals surface area (Å²) in [6, 6.07) is 19.2. The Kier molecular flexibility index (Phi) is 4.57. The van der Waals surface area contributed by atoms with Gasteiger partial charge in [0.25, 0.3) is 0 Å². The van der Waals surface area contributed by atoms with Crippen LogP contribution in [0.3, 0.4) is 0 Å². The van der Waals surface area contributed by atoms with Gasteiger partial charge >= 0.3 is 0 Å². The minimum absolute atomic E-state index is 0.160. The minimum atomic E-state index is -0.355. The van der Waals surface area contributed by atoms with Gasteiger partial charge in [0, 0.05) is 12.2 Å². The molecule has 0 aromatic heterocycles. The van der Waals surface area contributed by atoms with E-state index in [0.29, 0.717) is 0 Å². The van der Waals surface area contributed by atoms with Crippen LogP contribution in [0.5, 0.6) is 0 Å². The van der Waals surface area contributed by atoms with Crippen molar-refractivity contribution >= 4 is 59.6 Å². The normalized spacial score (nSPS) is 17.7. The van der Waals surface area contributed by atoms with E-state index in [9.17, 15) is 0 Å². The van der Waals surface area contributed by atoms with E-state index >= 15 is 0 Å². The molecular formula is C17H14Br3N. The first-order valence-electron chi connectivity index (χ1n) is 6.70. The van der Waals surface area contributed by atoms with Crippen molar-refractivity contribution in [3.8, 4) is 0 Å². The monoisotopic (exact) mass is 469 g/mol. The number of halogens is 3. The molecule has 1 atom stereocenters. The molecule has 1 unspecified atom stereocenters. The van der Waals surface area contributed by atoms with Gasteiger partial charge in [-0.3, -0.25) is 0 Å². The predicted molar refractivity (Wildman–Crippen MR) is 101 cm³/mol. The summed E-state index contributed by atoms with van der Waals surface area (Å²) in [6.07, 6.45) is 4.39. The van der Waals surface area contributed by atoms with Crippen LogP contribution in [0.4, 0.5) is 5.69 Å². The smallest absolute Gasteiger partial charge is 0.158 e. The molecule has 0 spiro atoms. The molecule has 0 bridgehead atoms. The first-order valence-corrected chi connectivity index (χ1v) is 9.08. The zero-order valence-electron chi connectivity index (χ0n) is 11.2. The van der Waals surface area contributed by atoms with E-state index in [0.717, 1.165) is 6.54 Å². The zero-order chi connectivity index (χ0) is 14.9. The number of nitrogens with zero attached hydrogens (tertiary/aromatic N) is 1. The first-order chi connectivity index (χ1) is 10.1. The molecule has 1 aliphatic rings. The molecule has 0 N–H and O–H groups in total. The topological polar surface area (TPSA) is 3.24 Å². The molecule has 0 aliphatic carbocycles. The van der Waals surface area contributed by atoms with Crippen molar-refractivity contribution in [1.82, 2.24) is 0 Å². The van der Waals surface area contributed by atoms with Crippen molar-refractivity contribution < 1.29 is 0 Å². The van der Waals surface area contributed by atoms with Gasteiger partial charge in [0.2, 0.25) is 0 Å². The molecule has 4 heteroatoms. The van der Waals surface area contributed by atoms with E-state index < -0.39 is 0 Å². The van der Waals surface area contributed by atoms with Gasteiger partial charge in [0.15, 0.2) is 2.14 Å². The third kappa shape index (κ3) is 3.43. The highest BCUT2D eigenvalue weighted by molar-refractivity contribution is 9.39. The number of fused-ring (bicyclic) bond motifs is 1. The summed E-state index contributed by atoms with van der Waals surface area (Å²) in [6.45, 7) is 0.859. The molecule has 2 aromatic rings. The molecule has 1 heterocycles. The molecule has 21 heavy (non-hydrogen) atoms. The lowest BCUT2D eigenvalue weighted by Crippen LogP contribution is -2.43. The fraction of sp³-hybridized carbons (Fsp3) is 0.176. The summed E-state index contributed by atoms with van der Waals surface area (Å²) in [5.74, 6) is 0. The van der Waals surface area contributed by atoms with E-state index in [2.05, 4.69) is 119 Å². The molecule has 0 saturated carbocycles. The summed E-state index contributed by atoms with van der Waals surface area (Å²) in [4.78, 5) is 2.39. The van der Waals surface area contributed by atoms with Crippen LogP contribution < -0.4 is 4.90 Å². The summed E-state index contributed by atoms with van der Waals surface area (Å²) in [5.41, 5.74) is 3.79. The Hall–Kier alpha value is -0.580. The summed E-state index contributed by atoms with van der Waals surface area (Å²) in [7, 11) is 0. The molecular weight excluding hydrogens is 458 g/mol. The van der Waals surface area contributed by atoms with Crippen molar-refractivity contribution in [3.63, 3.8) is 0 Å². The van der Waals surface area contributed by atoms with Crippen LogP contribution in [0.2, 0.25) is 0 Å². The number of benzene rings is 2. The number of anilines is 1. The zero-order valence-corrected chi connectivity index (χ0v) is 16.0. The molecule has 0 amide bonds. The van der Waals surface area contributed by atoms with Gasteiger partial charge in [0.1, 0.15) is 0 Å². The molecule has 0 fully saturated rings. The fourth-order valence-corrected chi connectivity index (χ4v) is 3.79. The molecule has 0 radical (unpaired) electrons. The van der Waals surface area contributed by atoms with Crippen LogP contribution in [-0.4, -0.2) is 8.18 Å². The maximum absolute atomic E-state index is 3.69. The summed E-state index contributed by atoms with van der Waals surface area (Å²) < 4.78 is -0.355. The maximum atomic E-state index is 3.69. The first kappa shape index (κ1) is 15.3. The Bertz CT molecular complexity index is 647. The van der Waals surface area contributed by atoms with Gasteiger partial charge in [-0.05, 0) is 17.2 Å². The van der Waals surface area contributed by atoms with Gasteiger partial charge in [-0.1, -0.05) is 108 Å². The molecule has 1 nitrogen and oxygen atoms in total. The standard InChI is InChI=1S/C17H14Br3N/c18-17(19,20)16-11-10-14-8-4-5-9-15(14)21(16)12-13-6-2-1-3-7-13/h1-11,16H,12H2. The van der Waals surface area contributed by atoms with E-state index in [1.165, 1.54) is 16.8 Å². The highest BCUT2D eigenvalue weighted by Gasteiger charge is 2.36. The van der Waals surface area contributed by atoms with E-state index in [1.807, 2.05) is 0 Å². The summed E-state index contributed by atoms with van der Waals surface area (Å²) in [5, 5.41) is 0. The van der Waals surface area contributed by atoms with Gasteiger partial charge in [-0.15, -0.1) is 0 Å². The third-order valence-electron chi connectivity index (χ3n) is 3.57. The average molecular weight is 472 g/mol. The number of hydrogen-bond acceptors (Lipinski definition) is 1. The predicted octanol–water partition coefficient (Wildman–Crippen LogP) is 5.93. The fourth-order valence-electron chi connectivity index (χ4n) is 2.59. The molecule has 0 saturated heterocycles. The van der Waals surface area contributed by atoms with Crippen LogP contribution >= 0.6 is 47.8 Å². The highest BCUT2D eigenvalue weighted by Crippen LogP contribution is 2.44. The second-order valence-corrected chi connectivity index (χ2v) is 12.0. The van der Waals surface area contributed by atoms with Crippen molar-refractivity contribution in [2.24, 2.45) is 0 Å². The van der Waals surface area contributed by atoms with Gasteiger partial charge in [0.05, 0.1) is 6.04 Å². The Morgan fingerprint density at radius 2 is 1.57 bits per heavy atom. The Morgan fingerprint density at radius 1 is 0.905 bits per heavy atom. The lowest BCUT2D eigenvalue weighted by molar-refractivity contribution is 0.715. The Labute approximate surface area is 150 Å². The maximum Gasteiger partial charge on any atom is 0.158 e.